The summed E-state index contributed by atoms with van der Waals surface area (Å²) in [5.41, 5.74) is 0. The van der Waals surface area contributed by atoms with Crippen LogP contribution in [0, 0.1) is 0 Å². The Hall–Kier alpha value is -1.98. The van der Waals surface area contributed by atoms with Gasteiger partial charge < -0.3 is 10.1 Å². The van der Waals surface area contributed by atoms with E-state index in [0.29, 0.717) is 5.82 Å². The number of halogens is 3. The molecule has 1 aromatic carbocycles. The monoisotopic (exact) mass is 284 g/mol. The summed E-state index contributed by atoms with van der Waals surface area (Å²) in [7, 11) is 1.58. The lowest BCUT2D eigenvalue weighted by molar-refractivity contribution is -0.134. The van der Waals surface area contributed by atoms with E-state index in [0.717, 1.165) is 16.5 Å². The van der Waals surface area contributed by atoms with Crippen LogP contribution in [0.15, 0.2) is 30.5 Å². The summed E-state index contributed by atoms with van der Waals surface area (Å²) in [6.07, 6.45) is -3.26. The molecule has 0 fully saturated rings. The van der Waals surface area contributed by atoms with Crippen LogP contribution < -0.4 is 10.1 Å². The summed E-state index contributed by atoms with van der Waals surface area (Å²) in [5.74, 6) is 1.32. The SMILES string of the molecule is COc1ccc2c(NCCCC(F)(F)F)nccc2c1. The van der Waals surface area contributed by atoms with Gasteiger partial charge in [0.2, 0.25) is 0 Å². The van der Waals surface area contributed by atoms with Crippen LogP contribution >= 0.6 is 0 Å². The Morgan fingerprint density at radius 1 is 1.25 bits per heavy atom. The van der Waals surface area contributed by atoms with Gasteiger partial charge in [-0.2, -0.15) is 13.2 Å². The van der Waals surface area contributed by atoms with E-state index in [1.54, 1.807) is 19.4 Å². The highest BCUT2D eigenvalue weighted by atomic mass is 19.4. The highest BCUT2D eigenvalue weighted by Gasteiger charge is 2.25. The van der Waals surface area contributed by atoms with Crippen molar-refractivity contribution in [3.63, 3.8) is 0 Å². The lowest BCUT2D eigenvalue weighted by Crippen LogP contribution is -2.11. The first-order chi connectivity index (χ1) is 9.49. The second-order valence-electron chi connectivity index (χ2n) is 4.39. The Morgan fingerprint density at radius 3 is 2.75 bits per heavy atom. The Labute approximate surface area is 114 Å². The van der Waals surface area contributed by atoms with Crippen molar-refractivity contribution >= 4 is 16.6 Å². The number of alkyl halides is 3. The van der Waals surface area contributed by atoms with Gasteiger partial charge in [-0.25, -0.2) is 4.98 Å². The Balaban J connectivity index is 2.07. The molecule has 0 saturated heterocycles. The van der Waals surface area contributed by atoms with E-state index in [1.807, 2.05) is 18.2 Å². The van der Waals surface area contributed by atoms with E-state index in [4.69, 9.17) is 4.74 Å². The number of pyridine rings is 1. The molecule has 1 N–H and O–H groups in total. The van der Waals surface area contributed by atoms with Crippen molar-refractivity contribution in [3.05, 3.63) is 30.5 Å². The van der Waals surface area contributed by atoms with Gasteiger partial charge in [-0.3, -0.25) is 0 Å². The van der Waals surface area contributed by atoms with E-state index in [1.165, 1.54) is 0 Å². The number of anilines is 1. The molecule has 0 atom stereocenters. The number of fused-ring (bicyclic) bond motifs is 1. The van der Waals surface area contributed by atoms with Crippen molar-refractivity contribution in [3.8, 4) is 5.75 Å². The van der Waals surface area contributed by atoms with E-state index < -0.39 is 12.6 Å². The van der Waals surface area contributed by atoms with E-state index in [2.05, 4.69) is 10.3 Å². The Morgan fingerprint density at radius 2 is 2.05 bits per heavy atom. The van der Waals surface area contributed by atoms with Crippen LogP contribution in [-0.2, 0) is 0 Å². The Kier molecular flexibility index (Phi) is 4.32. The molecule has 0 saturated carbocycles. The van der Waals surface area contributed by atoms with Gasteiger partial charge in [-0.1, -0.05) is 0 Å². The number of methoxy groups -OCH3 is 1. The number of rotatable bonds is 5. The summed E-state index contributed by atoms with van der Waals surface area (Å²) >= 11 is 0. The third kappa shape index (κ3) is 3.76. The zero-order valence-corrected chi connectivity index (χ0v) is 11.0. The fourth-order valence-electron chi connectivity index (χ4n) is 1.92. The van der Waals surface area contributed by atoms with Crippen LogP contribution in [0.4, 0.5) is 19.0 Å². The summed E-state index contributed by atoms with van der Waals surface area (Å²) in [5, 5.41) is 4.74. The molecule has 6 heteroatoms. The average molecular weight is 284 g/mol. The molecule has 0 amide bonds. The first kappa shape index (κ1) is 14.4. The van der Waals surface area contributed by atoms with Gasteiger partial charge >= 0.3 is 6.18 Å². The second-order valence-corrected chi connectivity index (χ2v) is 4.39. The standard InChI is InChI=1S/C14H15F3N2O/c1-20-11-3-4-12-10(9-11)5-8-19-13(12)18-7-2-6-14(15,16)17/h3-5,8-9H,2,6-7H2,1H3,(H,18,19). The second kappa shape index (κ2) is 5.98. The molecule has 0 aliphatic carbocycles. The van der Waals surface area contributed by atoms with Gasteiger partial charge in [0.05, 0.1) is 7.11 Å². The molecular formula is C14H15F3N2O. The molecule has 0 aliphatic heterocycles. The zero-order chi connectivity index (χ0) is 14.6. The number of hydrogen-bond acceptors (Lipinski definition) is 3. The normalized spacial score (nSPS) is 11.6. The molecule has 0 radical (unpaired) electrons. The van der Waals surface area contributed by atoms with E-state index in [9.17, 15) is 13.2 Å². The van der Waals surface area contributed by atoms with E-state index in [-0.39, 0.29) is 13.0 Å². The van der Waals surface area contributed by atoms with Crippen LogP contribution in [-0.4, -0.2) is 24.8 Å². The fraction of sp³-hybridized carbons (Fsp3) is 0.357. The largest absolute Gasteiger partial charge is 0.497 e. The average Bonchev–Trinajstić information content (AvgIpc) is 2.42. The summed E-state index contributed by atoms with van der Waals surface area (Å²) in [6.45, 7) is 0.234. The molecular weight excluding hydrogens is 269 g/mol. The third-order valence-corrected chi connectivity index (χ3v) is 2.90. The van der Waals surface area contributed by atoms with Gasteiger partial charge in [-0.05, 0) is 36.1 Å². The van der Waals surface area contributed by atoms with Crippen molar-refractivity contribution in [1.82, 2.24) is 4.98 Å². The van der Waals surface area contributed by atoms with Gasteiger partial charge in [0.15, 0.2) is 0 Å². The number of nitrogens with one attached hydrogen (secondary N) is 1. The lowest BCUT2D eigenvalue weighted by Gasteiger charge is -2.10. The van der Waals surface area contributed by atoms with Crippen LogP contribution in [0.2, 0.25) is 0 Å². The van der Waals surface area contributed by atoms with Crippen molar-refractivity contribution < 1.29 is 17.9 Å². The minimum Gasteiger partial charge on any atom is -0.497 e. The first-order valence-corrected chi connectivity index (χ1v) is 6.23. The smallest absolute Gasteiger partial charge is 0.389 e. The predicted octanol–water partition coefficient (Wildman–Crippen LogP) is 4.00. The molecule has 108 valence electrons. The minimum atomic E-state index is -4.11. The van der Waals surface area contributed by atoms with Gasteiger partial charge in [0.1, 0.15) is 11.6 Å². The molecule has 2 aromatic rings. The van der Waals surface area contributed by atoms with Crippen LogP contribution in [0.25, 0.3) is 10.8 Å². The molecule has 0 spiro atoms. The first-order valence-electron chi connectivity index (χ1n) is 6.23. The lowest BCUT2D eigenvalue weighted by atomic mass is 10.1. The quantitative estimate of drug-likeness (QED) is 0.843. The maximum Gasteiger partial charge on any atom is 0.389 e. The van der Waals surface area contributed by atoms with Gasteiger partial charge in [0, 0.05) is 24.5 Å². The molecule has 0 aliphatic rings. The molecule has 20 heavy (non-hydrogen) atoms. The summed E-state index contributed by atoms with van der Waals surface area (Å²) in [6, 6.07) is 7.33. The maximum absolute atomic E-state index is 12.1. The van der Waals surface area contributed by atoms with Crippen LogP contribution in [0.5, 0.6) is 5.75 Å². The topological polar surface area (TPSA) is 34.1 Å². The van der Waals surface area contributed by atoms with Crippen LogP contribution in [0.3, 0.4) is 0 Å². The Bertz CT molecular complexity index is 584. The minimum absolute atomic E-state index is 0.0255. The fourth-order valence-corrected chi connectivity index (χ4v) is 1.92. The van der Waals surface area contributed by atoms with Crippen molar-refractivity contribution in [2.75, 3.05) is 19.0 Å². The number of benzene rings is 1. The zero-order valence-electron chi connectivity index (χ0n) is 11.0. The van der Waals surface area contributed by atoms with Gasteiger partial charge in [0.25, 0.3) is 0 Å². The van der Waals surface area contributed by atoms with Crippen molar-refractivity contribution in [2.45, 2.75) is 19.0 Å². The number of ether oxygens (including phenoxy) is 1. The maximum atomic E-state index is 12.1. The molecule has 1 heterocycles. The van der Waals surface area contributed by atoms with E-state index >= 15 is 0 Å². The molecule has 0 unspecified atom stereocenters. The number of nitrogens with zero attached hydrogens (tertiary/aromatic N) is 1. The summed E-state index contributed by atoms with van der Waals surface area (Å²) < 4.78 is 41.3. The summed E-state index contributed by atoms with van der Waals surface area (Å²) in [4.78, 5) is 4.16. The highest BCUT2D eigenvalue weighted by molar-refractivity contribution is 5.92. The van der Waals surface area contributed by atoms with Crippen LogP contribution in [0.1, 0.15) is 12.8 Å². The number of hydrogen-bond donors (Lipinski definition) is 1. The molecule has 1 aromatic heterocycles. The molecule has 2 rings (SSSR count). The molecule has 0 bridgehead atoms. The molecule has 3 nitrogen and oxygen atoms in total. The van der Waals surface area contributed by atoms with Crippen molar-refractivity contribution in [1.29, 1.82) is 0 Å². The third-order valence-electron chi connectivity index (χ3n) is 2.90. The predicted molar refractivity (Wildman–Crippen MR) is 72.1 cm³/mol. The van der Waals surface area contributed by atoms with Gasteiger partial charge in [-0.15, -0.1) is 0 Å². The highest BCUT2D eigenvalue weighted by Crippen LogP contribution is 2.26. The number of aromatic nitrogens is 1. The van der Waals surface area contributed by atoms with Crippen molar-refractivity contribution in [2.24, 2.45) is 0 Å².